The second kappa shape index (κ2) is 9.33. The van der Waals surface area contributed by atoms with E-state index in [0.717, 1.165) is 11.1 Å². The fourth-order valence-corrected chi connectivity index (χ4v) is 6.33. The summed E-state index contributed by atoms with van der Waals surface area (Å²) in [5.41, 5.74) is 2.08. The number of aliphatic hydroxyl groups excluding tert-OH is 1. The van der Waals surface area contributed by atoms with Crippen molar-refractivity contribution in [3.05, 3.63) is 65.2 Å². The van der Waals surface area contributed by atoms with Crippen molar-refractivity contribution in [1.82, 2.24) is 4.90 Å². The molecule has 2 N–H and O–H groups in total. The molecule has 1 spiro atoms. The van der Waals surface area contributed by atoms with Crippen LogP contribution in [0.2, 0.25) is 0 Å². The Bertz CT molecular complexity index is 1180. The van der Waals surface area contributed by atoms with Gasteiger partial charge in [-0.05, 0) is 56.4 Å². The van der Waals surface area contributed by atoms with Gasteiger partial charge in [-0.25, -0.2) is 0 Å². The molecule has 2 aromatic rings. The summed E-state index contributed by atoms with van der Waals surface area (Å²) >= 11 is 0. The van der Waals surface area contributed by atoms with Gasteiger partial charge in [0.25, 0.3) is 0 Å². The van der Waals surface area contributed by atoms with Crippen LogP contribution in [-0.2, 0) is 23.9 Å². The van der Waals surface area contributed by atoms with Crippen molar-refractivity contribution in [1.29, 1.82) is 0 Å². The minimum absolute atomic E-state index is 0.194. The predicted molar refractivity (Wildman–Crippen MR) is 132 cm³/mol. The lowest BCUT2D eigenvalue weighted by Crippen LogP contribution is -2.54. The number of esters is 1. The molecule has 8 heteroatoms. The Kier molecular flexibility index (Phi) is 6.34. The summed E-state index contributed by atoms with van der Waals surface area (Å²) in [7, 11) is 0. The molecule has 2 aromatic carbocycles. The number of carbonyl (C=O) groups is 3. The number of carbonyl (C=O) groups excluding carboxylic acids is 3. The van der Waals surface area contributed by atoms with E-state index < -0.39 is 41.6 Å². The molecule has 5 rings (SSSR count). The van der Waals surface area contributed by atoms with Gasteiger partial charge in [0.1, 0.15) is 11.6 Å². The number of ether oxygens (including phenoxy) is 2. The molecule has 2 unspecified atom stereocenters. The van der Waals surface area contributed by atoms with Crippen molar-refractivity contribution < 1.29 is 29.0 Å². The highest BCUT2D eigenvalue weighted by atomic mass is 16.6. The minimum Gasteiger partial charge on any atom is -0.466 e. The number of aliphatic hydroxyl groups is 1. The lowest BCUT2D eigenvalue weighted by molar-refractivity contribution is -0.155. The van der Waals surface area contributed by atoms with Gasteiger partial charge in [-0.1, -0.05) is 42.5 Å². The van der Waals surface area contributed by atoms with Gasteiger partial charge in [-0.3, -0.25) is 14.4 Å². The van der Waals surface area contributed by atoms with Gasteiger partial charge < -0.3 is 24.8 Å². The highest BCUT2D eigenvalue weighted by Gasteiger charge is 2.75. The lowest BCUT2D eigenvalue weighted by atomic mass is 9.70. The number of likely N-dealkylation sites (tertiary alicyclic amines) is 1. The molecule has 190 valence electrons. The summed E-state index contributed by atoms with van der Waals surface area (Å²) in [6.45, 7) is 5.39. The highest BCUT2D eigenvalue weighted by Crippen LogP contribution is 2.60. The van der Waals surface area contributed by atoms with Crippen molar-refractivity contribution in [3.8, 4) is 0 Å². The monoisotopic (exact) mass is 492 g/mol. The average Bonchev–Trinajstić information content (AvgIpc) is 3.50. The first kappa shape index (κ1) is 24.5. The third-order valence-corrected chi connectivity index (χ3v) is 7.89. The van der Waals surface area contributed by atoms with E-state index in [9.17, 15) is 19.5 Å². The second-order valence-corrected chi connectivity index (χ2v) is 9.97. The molecule has 0 saturated carbocycles. The topological polar surface area (TPSA) is 105 Å². The molecular formula is C28H32N2O6. The van der Waals surface area contributed by atoms with E-state index in [4.69, 9.17) is 9.47 Å². The largest absolute Gasteiger partial charge is 0.466 e. The molecule has 3 fully saturated rings. The van der Waals surface area contributed by atoms with Crippen LogP contribution in [0.4, 0.5) is 5.69 Å². The van der Waals surface area contributed by atoms with E-state index in [1.807, 2.05) is 62.4 Å². The smallest absolute Gasteiger partial charge is 0.312 e. The van der Waals surface area contributed by atoms with Gasteiger partial charge in [0.05, 0.1) is 37.2 Å². The van der Waals surface area contributed by atoms with Crippen LogP contribution >= 0.6 is 0 Å². The van der Waals surface area contributed by atoms with E-state index in [0.29, 0.717) is 24.1 Å². The Hall–Kier alpha value is -3.23. The van der Waals surface area contributed by atoms with Crippen LogP contribution < -0.4 is 5.32 Å². The number of amides is 2. The maximum absolute atomic E-state index is 14.1. The zero-order valence-corrected chi connectivity index (χ0v) is 20.8. The quantitative estimate of drug-likeness (QED) is 0.576. The first-order chi connectivity index (χ1) is 17.3. The van der Waals surface area contributed by atoms with Crippen molar-refractivity contribution in [2.75, 3.05) is 18.5 Å². The van der Waals surface area contributed by atoms with Gasteiger partial charge >= 0.3 is 5.97 Å². The summed E-state index contributed by atoms with van der Waals surface area (Å²) in [6, 6.07) is 13.1. The van der Waals surface area contributed by atoms with Crippen LogP contribution in [-0.4, -0.2) is 58.8 Å². The van der Waals surface area contributed by atoms with Gasteiger partial charge in [0.2, 0.25) is 11.8 Å². The fraction of sp³-hybridized carbons (Fsp3) is 0.464. The van der Waals surface area contributed by atoms with Crippen molar-refractivity contribution in [3.63, 3.8) is 0 Å². The number of aryl methyl sites for hydroxylation is 2. The number of anilines is 1. The van der Waals surface area contributed by atoms with Gasteiger partial charge in [-0.15, -0.1) is 0 Å². The molecule has 36 heavy (non-hydrogen) atoms. The van der Waals surface area contributed by atoms with Gasteiger partial charge in [-0.2, -0.15) is 0 Å². The van der Waals surface area contributed by atoms with E-state index >= 15 is 0 Å². The Labute approximate surface area is 210 Å². The molecule has 3 aliphatic heterocycles. The molecule has 3 heterocycles. The zero-order chi connectivity index (χ0) is 25.6. The summed E-state index contributed by atoms with van der Waals surface area (Å²) in [5.74, 6) is -2.85. The maximum atomic E-state index is 14.1. The summed E-state index contributed by atoms with van der Waals surface area (Å²) in [6.07, 6.45) is 0.558. The van der Waals surface area contributed by atoms with Crippen molar-refractivity contribution >= 4 is 23.5 Å². The molecule has 6 atom stereocenters. The Morgan fingerprint density at radius 2 is 1.97 bits per heavy atom. The molecule has 0 radical (unpaired) electrons. The standard InChI is InChI=1S/C28H32N2O6/c1-4-35-27(34)22-21-12-13-28(36-21)23(22)26(33)30(20(15-31)18-8-6-5-7-9-18)24(28)25(32)29-19-14-16(2)10-11-17(19)3/h5-11,14,20-24,31H,4,12-13,15H2,1-3H3,(H,29,32)/t20-,21+,22-,23+,24?,28?/m1/s1. The lowest BCUT2D eigenvalue weighted by Gasteiger charge is -2.37. The molecule has 8 nitrogen and oxygen atoms in total. The molecule has 3 saturated heterocycles. The van der Waals surface area contributed by atoms with Gasteiger partial charge in [0.15, 0.2) is 0 Å². The van der Waals surface area contributed by atoms with Crippen LogP contribution in [0.3, 0.4) is 0 Å². The first-order valence-electron chi connectivity index (χ1n) is 12.5. The Morgan fingerprint density at radius 3 is 2.67 bits per heavy atom. The zero-order valence-electron chi connectivity index (χ0n) is 20.8. The molecule has 0 aliphatic carbocycles. The molecular weight excluding hydrogens is 460 g/mol. The number of nitrogens with zero attached hydrogens (tertiary/aromatic N) is 1. The van der Waals surface area contributed by atoms with E-state index in [1.54, 1.807) is 6.92 Å². The van der Waals surface area contributed by atoms with Gasteiger partial charge in [0, 0.05) is 5.69 Å². The summed E-state index contributed by atoms with van der Waals surface area (Å²) in [5, 5.41) is 13.5. The molecule has 3 aliphatic rings. The first-order valence-corrected chi connectivity index (χ1v) is 12.5. The van der Waals surface area contributed by atoms with E-state index in [2.05, 4.69) is 5.32 Å². The Morgan fingerprint density at radius 1 is 1.22 bits per heavy atom. The fourth-order valence-electron chi connectivity index (χ4n) is 6.33. The van der Waals surface area contributed by atoms with Crippen LogP contribution in [0.25, 0.3) is 0 Å². The maximum Gasteiger partial charge on any atom is 0.312 e. The van der Waals surface area contributed by atoms with E-state index in [-0.39, 0.29) is 25.0 Å². The van der Waals surface area contributed by atoms with Crippen LogP contribution in [0.1, 0.15) is 42.5 Å². The third-order valence-electron chi connectivity index (χ3n) is 7.89. The van der Waals surface area contributed by atoms with Crippen molar-refractivity contribution in [2.24, 2.45) is 11.8 Å². The number of hydrogen-bond acceptors (Lipinski definition) is 6. The number of rotatable bonds is 7. The molecule has 2 bridgehead atoms. The Balaban J connectivity index is 1.59. The third kappa shape index (κ3) is 3.71. The van der Waals surface area contributed by atoms with Crippen LogP contribution in [0.5, 0.6) is 0 Å². The summed E-state index contributed by atoms with van der Waals surface area (Å²) in [4.78, 5) is 42.5. The normalized spacial score (nSPS) is 29.2. The second-order valence-electron chi connectivity index (χ2n) is 9.97. The van der Waals surface area contributed by atoms with E-state index in [1.165, 1.54) is 4.90 Å². The number of benzene rings is 2. The SMILES string of the molecule is CCOC(=O)[C@@H]1[C@@H]2CCC3(O2)C(C(=O)Nc2cc(C)ccc2C)N([C@H](CO)c2ccccc2)C(=O)[C@H]13. The predicted octanol–water partition coefficient (Wildman–Crippen LogP) is 2.91. The van der Waals surface area contributed by atoms with Crippen LogP contribution in [0, 0.1) is 25.7 Å². The number of nitrogens with one attached hydrogen (secondary N) is 1. The minimum atomic E-state index is -1.16. The van der Waals surface area contributed by atoms with Crippen LogP contribution in [0.15, 0.2) is 48.5 Å². The average molecular weight is 493 g/mol. The summed E-state index contributed by atoms with van der Waals surface area (Å²) < 4.78 is 11.7. The van der Waals surface area contributed by atoms with Crippen molar-refractivity contribution in [2.45, 2.75) is 57.4 Å². The number of hydrogen-bond donors (Lipinski definition) is 2. The molecule has 2 amide bonds. The molecule has 0 aromatic heterocycles. The highest BCUT2D eigenvalue weighted by molar-refractivity contribution is 6.03. The number of fused-ring (bicyclic) bond motifs is 1.